The summed E-state index contributed by atoms with van der Waals surface area (Å²) in [6, 6.07) is 1.23. The molecule has 0 amide bonds. The lowest BCUT2D eigenvalue weighted by Crippen LogP contribution is -2.44. The fourth-order valence-corrected chi connectivity index (χ4v) is 2.18. The predicted molar refractivity (Wildman–Crippen MR) is 70.1 cm³/mol. The van der Waals surface area contributed by atoms with Crippen molar-refractivity contribution in [3.05, 3.63) is 27.4 Å². The largest absolute Gasteiger partial charge is 0.481 e. The third-order valence-electron chi connectivity index (χ3n) is 2.85. The number of rotatable bonds is 4. The van der Waals surface area contributed by atoms with Crippen LogP contribution in [0.5, 0.6) is 0 Å². The first-order valence-electron chi connectivity index (χ1n) is 5.85. The fourth-order valence-electron chi connectivity index (χ4n) is 2.03. The first kappa shape index (κ1) is 14.5. The van der Waals surface area contributed by atoms with E-state index in [1.54, 1.807) is 4.90 Å². The molecular weight excluding hydrogens is 290 g/mol. The van der Waals surface area contributed by atoms with Gasteiger partial charge in [0.05, 0.1) is 29.1 Å². The SMILES string of the molecule is O=C(O)CC1CN(c2ncc(Cl)cc2[N+](=O)[O-])CCO1. The van der Waals surface area contributed by atoms with E-state index in [4.69, 9.17) is 21.4 Å². The molecule has 1 fully saturated rings. The molecule has 2 heterocycles. The van der Waals surface area contributed by atoms with E-state index in [1.165, 1.54) is 12.3 Å². The van der Waals surface area contributed by atoms with Crippen LogP contribution < -0.4 is 4.90 Å². The van der Waals surface area contributed by atoms with Gasteiger partial charge in [-0.25, -0.2) is 4.98 Å². The maximum Gasteiger partial charge on any atom is 0.313 e. The number of hydrogen-bond donors (Lipinski definition) is 1. The second kappa shape index (κ2) is 6.02. The Hall–Kier alpha value is -1.93. The van der Waals surface area contributed by atoms with E-state index in [-0.39, 0.29) is 29.5 Å². The summed E-state index contributed by atoms with van der Waals surface area (Å²) in [7, 11) is 0. The smallest absolute Gasteiger partial charge is 0.313 e. The summed E-state index contributed by atoms with van der Waals surface area (Å²) >= 11 is 5.71. The molecular formula is C11H12ClN3O5. The van der Waals surface area contributed by atoms with Crippen LogP contribution in [0.25, 0.3) is 0 Å². The number of morpholine rings is 1. The van der Waals surface area contributed by atoms with Crippen LogP contribution in [0.2, 0.25) is 5.02 Å². The first-order chi connectivity index (χ1) is 9.47. The van der Waals surface area contributed by atoms with Gasteiger partial charge < -0.3 is 14.7 Å². The Morgan fingerprint density at radius 3 is 3.10 bits per heavy atom. The van der Waals surface area contributed by atoms with Crippen molar-refractivity contribution in [3.8, 4) is 0 Å². The summed E-state index contributed by atoms with van der Waals surface area (Å²) in [6.45, 7) is 0.937. The highest BCUT2D eigenvalue weighted by Gasteiger charge is 2.28. The molecule has 1 atom stereocenters. The average molecular weight is 302 g/mol. The maximum atomic E-state index is 11.0. The van der Waals surface area contributed by atoms with Crippen LogP contribution >= 0.6 is 11.6 Å². The highest BCUT2D eigenvalue weighted by Crippen LogP contribution is 2.29. The monoisotopic (exact) mass is 301 g/mol. The zero-order chi connectivity index (χ0) is 14.7. The summed E-state index contributed by atoms with van der Waals surface area (Å²) in [6.07, 6.45) is 0.655. The molecule has 8 nitrogen and oxygen atoms in total. The van der Waals surface area contributed by atoms with Crippen LogP contribution in [0.1, 0.15) is 6.42 Å². The number of carboxylic acid groups (broad SMARTS) is 1. The molecule has 9 heteroatoms. The van der Waals surface area contributed by atoms with Gasteiger partial charge in [0.25, 0.3) is 0 Å². The van der Waals surface area contributed by atoms with Crippen molar-refractivity contribution in [2.75, 3.05) is 24.6 Å². The Bertz CT molecular complexity index is 539. The van der Waals surface area contributed by atoms with Gasteiger partial charge in [-0.1, -0.05) is 11.6 Å². The highest BCUT2D eigenvalue weighted by molar-refractivity contribution is 6.30. The Morgan fingerprint density at radius 1 is 1.70 bits per heavy atom. The number of nitrogens with zero attached hydrogens (tertiary/aromatic N) is 3. The minimum atomic E-state index is -0.976. The van der Waals surface area contributed by atoms with E-state index in [0.29, 0.717) is 13.2 Å². The Balaban J connectivity index is 2.22. The topological polar surface area (TPSA) is 106 Å². The van der Waals surface area contributed by atoms with Crippen molar-refractivity contribution in [1.82, 2.24) is 4.98 Å². The Kier molecular flexibility index (Phi) is 4.35. The minimum absolute atomic E-state index is 0.155. The normalized spacial score (nSPS) is 18.9. The van der Waals surface area contributed by atoms with Crippen molar-refractivity contribution in [2.45, 2.75) is 12.5 Å². The van der Waals surface area contributed by atoms with Gasteiger partial charge in [-0.15, -0.1) is 0 Å². The maximum absolute atomic E-state index is 11.0. The molecule has 1 unspecified atom stereocenters. The predicted octanol–water partition coefficient (Wildman–Crippen LogP) is 1.32. The van der Waals surface area contributed by atoms with E-state index in [0.717, 1.165) is 0 Å². The highest BCUT2D eigenvalue weighted by atomic mass is 35.5. The van der Waals surface area contributed by atoms with Crippen LogP contribution in [-0.4, -0.2) is 46.8 Å². The number of ether oxygens (including phenoxy) is 1. The van der Waals surface area contributed by atoms with Crippen molar-refractivity contribution in [2.24, 2.45) is 0 Å². The molecule has 0 saturated carbocycles. The Morgan fingerprint density at radius 2 is 2.45 bits per heavy atom. The molecule has 1 aromatic heterocycles. The molecule has 2 rings (SSSR count). The second-order valence-corrected chi connectivity index (χ2v) is 4.73. The van der Waals surface area contributed by atoms with Crippen LogP contribution in [0.3, 0.4) is 0 Å². The summed E-state index contributed by atoms with van der Waals surface area (Å²) in [5.41, 5.74) is -0.200. The molecule has 0 aromatic carbocycles. The van der Waals surface area contributed by atoms with Gasteiger partial charge in [-0.05, 0) is 0 Å². The molecule has 1 N–H and O–H groups in total. The van der Waals surface area contributed by atoms with Crippen LogP contribution in [0, 0.1) is 10.1 Å². The van der Waals surface area contributed by atoms with Gasteiger partial charge in [0.15, 0.2) is 0 Å². The minimum Gasteiger partial charge on any atom is -0.481 e. The van der Waals surface area contributed by atoms with Gasteiger partial charge in [-0.3, -0.25) is 14.9 Å². The molecule has 1 aliphatic rings. The van der Waals surface area contributed by atoms with Crippen molar-refractivity contribution >= 4 is 29.1 Å². The third-order valence-corrected chi connectivity index (χ3v) is 3.06. The molecule has 0 radical (unpaired) electrons. The average Bonchev–Trinajstić information content (AvgIpc) is 2.38. The number of anilines is 1. The zero-order valence-corrected chi connectivity index (χ0v) is 11.1. The first-order valence-corrected chi connectivity index (χ1v) is 6.23. The zero-order valence-electron chi connectivity index (χ0n) is 10.4. The second-order valence-electron chi connectivity index (χ2n) is 4.29. The van der Waals surface area contributed by atoms with Gasteiger partial charge in [0, 0.05) is 25.4 Å². The summed E-state index contributed by atoms with van der Waals surface area (Å²) in [4.78, 5) is 26.8. The van der Waals surface area contributed by atoms with Crippen molar-refractivity contribution in [1.29, 1.82) is 0 Å². The summed E-state index contributed by atoms with van der Waals surface area (Å²) in [5.74, 6) is -0.798. The van der Waals surface area contributed by atoms with Crippen molar-refractivity contribution in [3.63, 3.8) is 0 Å². The number of carboxylic acids is 1. The molecule has 20 heavy (non-hydrogen) atoms. The number of halogens is 1. The molecule has 1 aromatic rings. The van der Waals surface area contributed by atoms with Gasteiger partial charge >= 0.3 is 11.7 Å². The fraction of sp³-hybridized carbons (Fsp3) is 0.455. The third kappa shape index (κ3) is 3.34. The standard InChI is InChI=1S/C11H12ClN3O5/c12-7-3-9(15(18)19)11(13-5-7)14-1-2-20-8(6-14)4-10(16)17/h3,5,8H,1-2,4,6H2,(H,16,17). The van der Waals surface area contributed by atoms with Crippen LogP contribution in [-0.2, 0) is 9.53 Å². The van der Waals surface area contributed by atoms with Crippen molar-refractivity contribution < 1.29 is 19.6 Å². The molecule has 0 bridgehead atoms. The van der Waals surface area contributed by atoms with Gasteiger partial charge in [0.2, 0.25) is 5.82 Å². The quantitative estimate of drug-likeness (QED) is 0.660. The van der Waals surface area contributed by atoms with E-state index < -0.39 is 17.0 Å². The number of carbonyl (C=O) groups is 1. The lowest BCUT2D eigenvalue weighted by atomic mass is 10.2. The van der Waals surface area contributed by atoms with E-state index in [2.05, 4.69) is 4.98 Å². The van der Waals surface area contributed by atoms with E-state index in [9.17, 15) is 14.9 Å². The summed E-state index contributed by atoms with van der Waals surface area (Å²) in [5, 5.41) is 20.0. The number of aliphatic carboxylic acids is 1. The molecule has 1 saturated heterocycles. The molecule has 0 spiro atoms. The van der Waals surface area contributed by atoms with E-state index in [1.807, 2.05) is 0 Å². The van der Waals surface area contributed by atoms with Gasteiger partial charge in [0.1, 0.15) is 0 Å². The lowest BCUT2D eigenvalue weighted by molar-refractivity contribution is -0.384. The number of hydrogen-bond acceptors (Lipinski definition) is 6. The number of aromatic nitrogens is 1. The lowest BCUT2D eigenvalue weighted by Gasteiger charge is -2.32. The number of pyridine rings is 1. The van der Waals surface area contributed by atoms with Gasteiger partial charge in [-0.2, -0.15) is 0 Å². The molecule has 0 aliphatic carbocycles. The Labute approximate surface area is 119 Å². The van der Waals surface area contributed by atoms with E-state index >= 15 is 0 Å². The molecule has 108 valence electrons. The van der Waals surface area contributed by atoms with Crippen LogP contribution in [0.15, 0.2) is 12.3 Å². The summed E-state index contributed by atoms with van der Waals surface area (Å²) < 4.78 is 5.32. The molecule has 1 aliphatic heterocycles. The number of nitro groups is 1. The van der Waals surface area contributed by atoms with Crippen LogP contribution in [0.4, 0.5) is 11.5 Å².